The molecule has 5 rings (SSSR count). The molecule has 0 N–H and O–H groups in total. The van der Waals surface area contributed by atoms with Crippen molar-refractivity contribution < 1.29 is 9.18 Å². The predicted octanol–water partition coefficient (Wildman–Crippen LogP) is 3.31. The van der Waals surface area contributed by atoms with Gasteiger partial charge in [0.15, 0.2) is 5.82 Å². The Hall–Kier alpha value is -3.06. The van der Waals surface area contributed by atoms with E-state index < -0.39 is 0 Å². The van der Waals surface area contributed by atoms with Crippen molar-refractivity contribution >= 4 is 5.91 Å². The van der Waals surface area contributed by atoms with E-state index in [1.54, 1.807) is 6.07 Å². The second kappa shape index (κ2) is 8.59. The summed E-state index contributed by atoms with van der Waals surface area (Å²) >= 11 is 0. The zero-order valence-electron chi connectivity index (χ0n) is 17.5. The van der Waals surface area contributed by atoms with Crippen molar-refractivity contribution in [3.8, 4) is 11.4 Å². The summed E-state index contributed by atoms with van der Waals surface area (Å²) in [5, 5.41) is 8.84. The number of piperazine rings is 1. The maximum atomic E-state index is 14.0. The van der Waals surface area contributed by atoms with E-state index in [2.05, 4.69) is 19.7 Å². The maximum absolute atomic E-state index is 14.0. The van der Waals surface area contributed by atoms with Gasteiger partial charge in [-0.1, -0.05) is 48.5 Å². The zero-order chi connectivity index (χ0) is 21.2. The Labute approximate surface area is 181 Å². The van der Waals surface area contributed by atoms with Crippen molar-refractivity contribution in [2.24, 2.45) is 0 Å². The van der Waals surface area contributed by atoms with E-state index in [1.807, 2.05) is 47.4 Å². The van der Waals surface area contributed by atoms with Gasteiger partial charge in [0.1, 0.15) is 11.6 Å². The third kappa shape index (κ3) is 3.97. The lowest BCUT2D eigenvalue weighted by Crippen LogP contribution is -2.50. The number of hydrogen-bond acceptors (Lipinski definition) is 4. The molecular weight excluding hydrogens is 393 g/mol. The molecule has 0 radical (unpaired) electrons. The van der Waals surface area contributed by atoms with Crippen LogP contribution in [-0.2, 0) is 17.9 Å². The Morgan fingerprint density at radius 2 is 1.68 bits per heavy atom. The van der Waals surface area contributed by atoms with Crippen LogP contribution in [0.25, 0.3) is 11.4 Å². The van der Waals surface area contributed by atoms with Crippen LogP contribution in [-0.4, -0.2) is 56.7 Å². The van der Waals surface area contributed by atoms with Gasteiger partial charge in [0.2, 0.25) is 5.91 Å². The number of aromatic nitrogens is 3. The first-order chi connectivity index (χ1) is 15.2. The molecule has 2 aromatic carbocycles. The highest BCUT2D eigenvalue weighted by Gasteiger charge is 2.35. The van der Waals surface area contributed by atoms with Crippen LogP contribution in [0, 0.1) is 5.82 Å². The monoisotopic (exact) mass is 419 g/mol. The molecule has 2 aliphatic heterocycles. The van der Waals surface area contributed by atoms with Gasteiger partial charge in [-0.2, -0.15) is 0 Å². The molecule has 0 spiro atoms. The first-order valence-electron chi connectivity index (χ1n) is 10.9. The number of carbonyl (C=O) groups excluding carboxylic acids is 1. The normalized spacial score (nSPS) is 19.3. The minimum atomic E-state index is -0.239. The first-order valence-corrected chi connectivity index (χ1v) is 10.9. The average molecular weight is 420 g/mol. The molecule has 0 bridgehead atoms. The number of nitrogens with zero attached hydrogens (tertiary/aromatic N) is 5. The molecule has 2 aliphatic rings. The predicted molar refractivity (Wildman–Crippen MR) is 116 cm³/mol. The summed E-state index contributed by atoms with van der Waals surface area (Å²) in [6.07, 6.45) is 1.75. The molecule has 160 valence electrons. The van der Waals surface area contributed by atoms with E-state index in [0.29, 0.717) is 25.2 Å². The van der Waals surface area contributed by atoms with E-state index in [1.165, 1.54) is 6.07 Å². The van der Waals surface area contributed by atoms with Crippen molar-refractivity contribution in [1.82, 2.24) is 24.6 Å². The molecular formula is C24H26FN5O. The highest BCUT2D eigenvalue weighted by Crippen LogP contribution is 2.31. The van der Waals surface area contributed by atoms with E-state index in [-0.39, 0.29) is 17.6 Å². The van der Waals surface area contributed by atoms with Crippen molar-refractivity contribution in [2.75, 3.05) is 26.2 Å². The van der Waals surface area contributed by atoms with Gasteiger partial charge in [0, 0.05) is 50.4 Å². The molecule has 1 aromatic heterocycles. The number of rotatable bonds is 4. The molecule has 1 saturated heterocycles. The van der Waals surface area contributed by atoms with Crippen molar-refractivity contribution in [3.05, 3.63) is 71.8 Å². The zero-order valence-corrected chi connectivity index (χ0v) is 17.5. The topological polar surface area (TPSA) is 54.3 Å². The lowest BCUT2D eigenvalue weighted by atomic mass is 9.96. The summed E-state index contributed by atoms with van der Waals surface area (Å²) < 4.78 is 16.1. The highest BCUT2D eigenvalue weighted by atomic mass is 19.1. The fourth-order valence-electron chi connectivity index (χ4n) is 4.62. The fraction of sp³-hybridized carbons (Fsp3) is 0.375. The summed E-state index contributed by atoms with van der Waals surface area (Å²) in [5.74, 6) is 1.35. The van der Waals surface area contributed by atoms with Crippen molar-refractivity contribution in [1.29, 1.82) is 0 Å². The fourth-order valence-corrected chi connectivity index (χ4v) is 4.62. The Morgan fingerprint density at radius 3 is 2.45 bits per heavy atom. The standard InChI is InChI=1S/C24H26FN5O/c25-21-11-5-4-9-19(21)17-28-13-15-29(16-14-28)24(31)20-10-6-12-30-22(26-27-23(20)30)18-7-2-1-3-8-18/h1-5,7-9,11,20H,6,10,12-17H2. The summed E-state index contributed by atoms with van der Waals surface area (Å²) in [4.78, 5) is 17.5. The Balaban J connectivity index is 1.26. The van der Waals surface area contributed by atoms with Gasteiger partial charge in [0.25, 0.3) is 0 Å². The molecule has 1 unspecified atom stereocenters. The summed E-state index contributed by atoms with van der Waals surface area (Å²) in [5.41, 5.74) is 1.73. The van der Waals surface area contributed by atoms with Crippen LogP contribution < -0.4 is 0 Å². The largest absolute Gasteiger partial charge is 0.339 e. The van der Waals surface area contributed by atoms with Crippen LogP contribution in [0.15, 0.2) is 54.6 Å². The third-order valence-corrected chi connectivity index (χ3v) is 6.33. The maximum Gasteiger partial charge on any atom is 0.233 e. The second-order valence-corrected chi connectivity index (χ2v) is 8.29. The third-order valence-electron chi connectivity index (χ3n) is 6.33. The minimum absolute atomic E-state index is 0.138. The molecule has 31 heavy (non-hydrogen) atoms. The SMILES string of the molecule is O=C(C1CCCn2c(-c3ccccc3)nnc21)N1CCN(Cc2ccccc2F)CC1. The second-order valence-electron chi connectivity index (χ2n) is 8.29. The lowest BCUT2D eigenvalue weighted by molar-refractivity contribution is -0.135. The van der Waals surface area contributed by atoms with E-state index >= 15 is 0 Å². The van der Waals surface area contributed by atoms with Crippen LogP contribution in [0.4, 0.5) is 4.39 Å². The van der Waals surface area contributed by atoms with Crippen LogP contribution in [0.5, 0.6) is 0 Å². The Morgan fingerprint density at radius 1 is 0.935 bits per heavy atom. The number of amides is 1. The molecule has 7 heteroatoms. The van der Waals surface area contributed by atoms with Crippen LogP contribution in [0.2, 0.25) is 0 Å². The quantitative estimate of drug-likeness (QED) is 0.651. The van der Waals surface area contributed by atoms with Gasteiger partial charge in [-0.25, -0.2) is 4.39 Å². The number of halogens is 1. The van der Waals surface area contributed by atoms with Crippen molar-refractivity contribution in [2.45, 2.75) is 31.8 Å². The van der Waals surface area contributed by atoms with Gasteiger partial charge in [0.05, 0.1) is 5.92 Å². The van der Waals surface area contributed by atoms with E-state index in [9.17, 15) is 9.18 Å². The van der Waals surface area contributed by atoms with Gasteiger partial charge in [-0.15, -0.1) is 10.2 Å². The van der Waals surface area contributed by atoms with Crippen LogP contribution in [0.1, 0.15) is 30.1 Å². The first kappa shape index (κ1) is 19.9. The Kier molecular flexibility index (Phi) is 5.51. The molecule has 0 saturated carbocycles. The molecule has 1 fully saturated rings. The van der Waals surface area contributed by atoms with Gasteiger partial charge in [-0.05, 0) is 18.9 Å². The van der Waals surface area contributed by atoms with Crippen LogP contribution >= 0.6 is 0 Å². The molecule has 6 nitrogen and oxygen atoms in total. The number of benzene rings is 2. The smallest absolute Gasteiger partial charge is 0.233 e. The summed E-state index contributed by atoms with van der Waals surface area (Å²) in [6, 6.07) is 16.9. The number of hydrogen-bond donors (Lipinski definition) is 0. The molecule has 0 aliphatic carbocycles. The van der Waals surface area contributed by atoms with Gasteiger partial charge >= 0.3 is 0 Å². The van der Waals surface area contributed by atoms with E-state index in [4.69, 9.17) is 0 Å². The van der Waals surface area contributed by atoms with Crippen molar-refractivity contribution in [3.63, 3.8) is 0 Å². The van der Waals surface area contributed by atoms with Crippen LogP contribution in [0.3, 0.4) is 0 Å². The number of fused-ring (bicyclic) bond motifs is 1. The van der Waals surface area contributed by atoms with Gasteiger partial charge in [-0.3, -0.25) is 9.69 Å². The van der Waals surface area contributed by atoms with Gasteiger partial charge < -0.3 is 9.47 Å². The molecule has 3 aromatic rings. The minimum Gasteiger partial charge on any atom is -0.339 e. The lowest BCUT2D eigenvalue weighted by Gasteiger charge is -2.37. The molecule has 1 amide bonds. The molecule has 1 atom stereocenters. The van der Waals surface area contributed by atoms with E-state index in [0.717, 1.165) is 49.7 Å². The summed E-state index contributed by atoms with van der Waals surface area (Å²) in [7, 11) is 0. The number of carbonyl (C=O) groups is 1. The average Bonchev–Trinajstić information content (AvgIpc) is 3.26. The molecule has 3 heterocycles. The highest BCUT2D eigenvalue weighted by molar-refractivity contribution is 5.83. The summed E-state index contributed by atoms with van der Waals surface area (Å²) in [6.45, 7) is 4.22. The Bertz CT molecular complexity index is 1060.